The Labute approximate surface area is 183 Å². The molecule has 0 saturated carbocycles. The van der Waals surface area contributed by atoms with Crippen molar-refractivity contribution in [1.82, 2.24) is 14.9 Å². The molecule has 8 nitrogen and oxygen atoms in total. The zero-order valence-electron chi connectivity index (χ0n) is 17.8. The summed E-state index contributed by atoms with van der Waals surface area (Å²) < 4.78 is 39.1. The van der Waals surface area contributed by atoms with Gasteiger partial charge in [0.2, 0.25) is 15.9 Å². The standard InChI is InChI=1S/C22H29N3O5S/c1-15-20(16-5-7-18(29-2)8-6-16)31(27,28)24-21(15)25-11-9-17(10-12-25)22(26)23-14-19-4-3-13-30-19/h3-8,13,15,17,20-21,24H,9-12,14H2,1-2H3,(H,23,26). The molecule has 1 aromatic heterocycles. The van der Waals surface area contributed by atoms with E-state index in [1.165, 1.54) is 0 Å². The maximum atomic E-state index is 12.9. The number of amides is 1. The summed E-state index contributed by atoms with van der Waals surface area (Å²) in [6.45, 7) is 3.70. The van der Waals surface area contributed by atoms with Crippen LogP contribution in [0.4, 0.5) is 0 Å². The number of carbonyl (C=O) groups is 1. The van der Waals surface area contributed by atoms with Crippen LogP contribution in [0.5, 0.6) is 5.75 Å². The first kappa shape index (κ1) is 21.9. The highest BCUT2D eigenvalue weighted by Gasteiger charge is 2.48. The van der Waals surface area contributed by atoms with Crippen LogP contribution in [0.1, 0.15) is 36.3 Å². The Morgan fingerprint density at radius 1 is 1.23 bits per heavy atom. The molecule has 2 N–H and O–H groups in total. The third kappa shape index (κ3) is 4.63. The van der Waals surface area contributed by atoms with Gasteiger partial charge < -0.3 is 14.5 Å². The van der Waals surface area contributed by atoms with Gasteiger partial charge in [0, 0.05) is 24.9 Å². The normalized spacial score (nSPS) is 26.6. The molecular formula is C22H29N3O5S. The van der Waals surface area contributed by atoms with Crippen LogP contribution in [0.2, 0.25) is 0 Å². The quantitative estimate of drug-likeness (QED) is 0.705. The number of sulfonamides is 1. The molecule has 0 bridgehead atoms. The van der Waals surface area contributed by atoms with E-state index in [-0.39, 0.29) is 23.9 Å². The Balaban J connectivity index is 1.36. The van der Waals surface area contributed by atoms with Crippen LogP contribution in [-0.4, -0.2) is 45.6 Å². The molecular weight excluding hydrogens is 418 g/mol. The van der Waals surface area contributed by atoms with Crippen molar-refractivity contribution in [3.05, 3.63) is 54.0 Å². The molecule has 9 heteroatoms. The van der Waals surface area contributed by atoms with Gasteiger partial charge in [0.15, 0.2) is 0 Å². The van der Waals surface area contributed by atoms with Gasteiger partial charge in [-0.2, -0.15) is 4.72 Å². The minimum Gasteiger partial charge on any atom is -0.497 e. The predicted octanol–water partition coefficient (Wildman–Crippen LogP) is 2.25. The van der Waals surface area contributed by atoms with E-state index < -0.39 is 15.3 Å². The molecule has 3 atom stereocenters. The van der Waals surface area contributed by atoms with E-state index in [0.717, 1.165) is 11.3 Å². The van der Waals surface area contributed by atoms with Crippen molar-refractivity contribution >= 4 is 15.9 Å². The summed E-state index contributed by atoms with van der Waals surface area (Å²) in [5.41, 5.74) is 0.760. The summed E-state index contributed by atoms with van der Waals surface area (Å²) in [6, 6.07) is 10.8. The number of carbonyl (C=O) groups excluding carboxylic acids is 1. The Kier molecular flexibility index (Phi) is 6.36. The van der Waals surface area contributed by atoms with Crippen LogP contribution < -0.4 is 14.8 Å². The largest absolute Gasteiger partial charge is 0.497 e. The van der Waals surface area contributed by atoms with Gasteiger partial charge in [0.1, 0.15) is 16.8 Å². The fourth-order valence-electron chi connectivity index (χ4n) is 4.65. The highest BCUT2D eigenvalue weighted by atomic mass is 32.2. The van der Waals surface area contributed by atoms with Crippen molar-refractivity contribution in [3.8, 4) is 5.75 Å². The summed E-state index contributed by atoms with van der Waals surface area (Å²) in [7, 11) is -1.91. The van der Waals surface area contributed by atoms with Crippen LogP contribution in [0.3, 0.4) is 0 Å². The number of likely N-dealkylation sites (tertiary alicyclic amines) is 1. The third-order valence-electron chi connectivity index (χ3n) is 6.35. The van der Waals surface area contributed by atoms with Gasteiger partial charge in [-0.25, -0.2) is 8.42 Å². The zero-order valence-corrected chi connectivity index (χ0v) is 18.6. The topological polar surface area (TPSA) is 101 Å². The van der Waals surface area contributed by atoms with Crippen LogP contribution in [0, 0.1) is 11.8 Å². The maximum absolute atomic E-state index is 12.9. The average Bonchev–Trinajstić information content (AvgIpc) is 3.38. The van der Waals surface area contributed by atoms with Crippen molar-refractivity contribution in [2.75, 3.05) is 20.2 Å². The number of piperidine rings is 1. The smallest absolute Gasteiger partial charge is 0.223 e. The minimum atomic E-state index is -3.49. The monoisotopic (exact) mass is 447 g/mol. The number of rotatable bonds is 6. The number of furan rings is 1. The summed E-state index contributed by atoms with van der Waals surface area (Å²) in [6.07, 6.45) is 2.71. The third-order valence-corrected chi connectivity index (χ3v) is 8.29. The summed E-state index contributed by atoms with van der Waals surface area (Å²) >= 11 is 0. The second kappa shape index (κ2) is 9.02. The van der Waals surface area contributed by atoms with E-state index in [1.54, 1.807) is 31.6 Å². The van der Waals surface area contributed by atoms with E-state index in [4.69, 9.17) is 9.15 Å². The number of hydrogen-bond acceptors (Lipinski definition) is 6. The molecule has 0 aliphatic carbocycles. The molecule has 2 saturated heterocycles. The van der Waals surface area contributed by atoms with Crippen LogP contribution >= 0.6 is 0 Å². The number of methoxy groups -OCH3 is 1. The number of ether oxygens (including phenoxy) is 1. The summed E-state index contributed by atoms with van der Waals surface area (Å²) in [4.78, 5) is 14.6. The summed E-state index contributed by atoms with van der Waals surface area (Å²) in [5.74, 6) is 1.25. The molecule has 168 valence electrons. The number of nitrogens with one attached hydrogen (secondary N) is 2. The van der Waals surface area contributed by atoms with Crippen molar-refractivity contribution in [2.24, 2.45) is 11.8 Å². The maximum Gasteiger partial charge on any atom is 0.223 e. The van der Waals surface area contributed by atoms with E-state index in [0.29, 0.717) is 38.2 Å². The van der Waals surface area contributed by atoms with E-state index in [9.17, 15) is 13.2 Å². The van der Waals surface area contributed by atoms with Gasteiger partial charge >= 0.3 is 0 Å². The number of benzene rings is 1. The lowest BCUT2D eigenvalue weighted by Crippen LogP contribution is -2.50. The lowest BCUT2D eigenvalue weighted by Gasteiger charge is -2.36. The second-order valence-corrected chi connectivity index (χ2v) is 10.1. The zero-order chi connectivity index (χ0) is 22.0. The lowest BCUT2D eigenvalue weighted by atomic mass is 9.92. The number of hydrogen-bond donors (Lipinski definition) is 2. The molecule has 1 amide bonds. The molecule has 2 fully saturated rings. The molecule has 3 unspecified atom stereocenters. The van der Waals surface area contributed by atoms with Gasteiger partial charge in [0.25, 0.3) is 0 Å². The Bertz CT molecular complexity index is 983. The summed E-state index contributed by atoms with van der Waals surface area (Å²) in [5, 5.41) is 2.31. The minimum absolute atomic E-state index is 0.0206. The Morgan fingerprint density at radius 3 is 2.55 bits per heavy atom. The second-order valence-electron chi connectivity index (χ2n) is 8.27. The average molecular weight is 448 g/mol. The molecule has 0 radical (unpaired) electrons. The van der Waals surface area contributed by atoms with Crippen LogP contribution in [0.15, 0.2) is 47.1 Å². The van der Waals surface area contributed by atoms with Crippen LogP contribution in [0.25, 0.3) is 0 Å². The highest BCUT2D eigenvalue weighted by molar-refractivity contribution is 7.90. The first-order chi connectivity index (χ1) is 14.9. The molecule has 2 aromatic rings. The molecule has 31 heavy (non-hydrogen) atoms. The van der Waals surface area contributed by atoms with E-state index >= 15 is 0 Å². The fourth-order valence-corrected chi connectivity index (χ4v) is 6.73. The fraction of sp³-hybridized carbons (Fsp3) is 0.500. The van der Waals surface area contributed by atoms with E-state index in [1.807, 2.05) is 25.1 Å². The number of nitrogens with zero attached hydrogens (tertiary/aromatic N) is 1. The first-order valence-corrected chi connectivity index (χ1v) is 12.1. The first-order valence-electron chi connectivity index (χ1n) is 10.6. The van der Waals surface area contributed by atoms with Crippen molar-refractivity contribution in [1.29, 1.82) is 0 Å². The molecule has 3 heterocycles. The van der Waals surface area contributed by atoms with Crippen LogP contribution in [-0.2, 0) is 21.4 Å². The van der Waals surface area contributed by atoms with Crippen molar-refractivity contribution in [3.63, 3.8) is 0 Å². The van der Waals surface area contributed by atoms with Gasteiger partial charge in [0.05, 0.1) is 26.1 Å². The molecule has 2 aliphatic rings. The van der Waals surface area contributed by atoms with Gasteiger partial charge in [-0.15, -0.1) is 0 Å². The molecule has 2 aliphatic heterocycles. The highest BCUT2D eigenvalue weighted by Crippen LogP contribution is 2.40. The Morgan fingerprint density at radius 2 is 1.94 bits per heavy atom. The van der Waals surface area contributed by atoms with Gasteiger partial charge in [-0.05, 0) is 42.7 Å². The molecule has 1 aromatic carbocycles. The van der Waals surface area contributed by atoms with E-state index in [2.05, 4.69) is 14.9 Å². The van der Waals surface area contributed by atoms with Gasteiger partial charge in [-0.3, -0.25) is 9.69 Å². The van der Waals surface area contributed by atoms with Gasteiger partial charge in [-0.1, -0.05) is 19.1 Å². The molecule has 4 rings (SSSR count). The predicted molar refractivity (Wildman–Crippen MR) is 116 cm³/mol. The molecule has 0 spiro atoms. The SMILES string of the molecule is COc1ccc(C2C(C)C(N3CCC(C(=O)NCc4ccco4)CC3)NS2(=O)=O)cc1. The lowest BCUT2D eigenvalue weighted by molar-refractivity contribution is -0.127. The Hall–Kier alpha value is -2.36. The van der Waals surface area contributed by atoms with Crippen molar-refractivity contribution < 1.29 is 22.4 Å². The van der Waals surface area contributed by atoms with Crippen molar-refractivity contribution in [2.45, 2.75) is 37.7 Å².